The van der Waals surface area contributed by atoms with E-state index in [9.17, 15) is 4.79 Å². The number of aromatic nitrogens is 1. The summed E-state index contributed by atoms with van der Waals surface area (Å²) in [6.07, 6.45) is 3.21. The van der Waals surface area contributed by atoms with Crippen molar-refractivity contribution in [3.05, 3.63) is 10.6 Å². The van der Waals surface area contributed by atoms with Gasteiger partial charge in [-0.05, 0) is 31.6 Å². The average molecular weight is 266 g/mol. The third-order valence-corrected chi connectivity index (χ3v) is 4.92. The van der Waals surface area contributed by atoms with Gasteiger partial charge in [-0.15, -0.1) is 0 Å². The Balaban J connectivity index is 2.29. The van der Waals surface area contributed by atoms with Crippen LogP contribution in [0.1, 0.15) is 61.8 Å². The summed E-state index contributed by atoms with van der Waals surface area (Å²) < 4.78 is 0. The molecule has 2 heterocycles. The lowest BCUT2D eigenvalue weighted by atomic mass is 10.0. The van der Waals surface area contributed by atoms with Crippen LogP contribution in [0, 0.1) is 5.92 Å². The molecule has 0 N–H and O–H groups in total. The lowest BCUT2D eigenvalue weighted by Gasteiger charge is -2.20. The fourth-order valence-corrected chi connectivity index (χ4v) is 3.76. The Kier molecular flexibility index (Phi) is 4.05. The molecule has 1 saturated heterocycles. The van der Waals surface area contributed by atoms with Crippen molar-refractivity contribution < 1.29 is 4.79 Å². The maximum absolute atomic E-state index is 11.2. The zero-order chi connectivity index (χ0) is 13.3. The number of carbonyl (C=O) groups is 1. The van der Waals surface area contributed by atoms with E-state index in [1.165, 1.54) is 6.42 Å². The summed E-state index contributed by atoms with van der Waals surface area (Å²) in [7, 11) is 0. The molecule has 3 unspecified atom stereocenters. The van der Waals surface area contributed by atoms with E-state index in [0.717, 1.165) is 40.9 Å². The molecule has 0 saturated carbocycles. The van der Waals surface area contributed by atoms with Crippen molar-refractivity contribution in [2.45, 2.75) is 52.5 Å². The minimum atomic E-state index is 0.366. The largest absolute Gasteiger partial charge is 0.345 e. The second kappa shape index (κ2) is 5.39. The highest BCUT2D eigenvalue weighted by Gasteiger charge is 2.29. The van der Waals surface area contributed by atoms with E-state index in [2.05, 4.69) is 32.6 Å². The van der Waals surface area contributed by atoms with Gasteiger partial charge < -0.3 is 4.90 Å². The Hall–Kier alpha value is -0.900. The number of anilines is 1. The molecule has 3 nitrogen and oxygen atoms in total. The first-order chi connectivity index (χ1) is 8.56. The fraction of sp³-hybridized carbons (Fsp3) is 0.714. The number of hydrogen-bond acceptors (Lipinski definition) is 4. The van der Waals surface area contributed by atoms with Crippen LogP contribution in [0.4, 0.5) is 5.13 Å². The Labute approximate surface area is 113 Å². The van der Waals surface area contributed by atoms with Crippen molar-refractivity contribution >= 4 is 22.8 Å². The molecule has 18 heavy (non-hydrogen) atoms. The Morgan fingerprint density at radius 1 is 1.56 bits per heavy atom. The molecule has 1 aromatic heterocycles. The summed E-state index contributed by atoms with van der Waals surface area (Å²) in [5.41, 5.74) is 0.985. The molecular formula is C14H22N2OS. The lowest BCUT2D eigenvalue weighted by molar-refractivity contribution is 0.112. The van der Waals surface area contributed by atoms with Crippen molar-refractivity contribution in [3.63, 3.8) is 0 Å². The van der Waals surface area contributed by atoms with Crippen molar-refractivity contribution in [3.8, 4) is 0 Å². The van der Waals surface area contributed by atoms with Gasteiger partial charge in [0, 0.05) is 12.6 Å². The fourth-order valence-electron chi connectivity index (χ4n) is 2.65. The Bertz CT molecular complexity index is 429. The van der Waals surface area contributed by atoms with E-state index in [1.54, 1.807) is 11.3 Å². The SMILES string of the molecule is CCC(C)c1nc(N2CC(C)CC2C)sc1C=O. The van der Waals surface area contributed by atoms with Gasteiger partial charge in [0.1, 0.15) is 0 Å². The maximum atomic E-state index is 11.2. The Morgan fingerprint density at radius 2 is 2.28 bits per heavy atom. The van der Waals surface area contributed by atoms with Gasteiger partial charge in [0.15, 0.2) is 11.4 Å². The minimum Gasteiger partial charge on any atom is -0.345 e. The molecule has 1 aliphatic heterocycles. The van der Waals surface area contributed by atoms with Crippen molar-refractivity contribution in [1.82, 2.24) is 4.98 Å². The molecule has 0 bridgehead atoms. The van der Waals surface area contributed by atoms with Gasteiger partial charge in [-0.2, -0.15) is 0 Å². The zero-order valence-electron chi connectivity index (χ0n) is 11.6. The number of carbonyl (C=O) groups excluding carboxylic acids is 1. The molecule has 0 aromatic carbocycles. The number of rotatable bonds is 4. The number of nitrogens with zero attached hydrogens (tertiary/aromatic N) is 2. The first-order valence-electron chi connectivity index (χ1n) is 6.79. The molecule has 0 spiro atoms. The second-order valence-corrected chi connectivity index (χ2v) is 6.52. The van der Waals surface area contributed by atoms with Crippen molar-refractivity contribution in [2.24, 2.45) is 5.92 Å². The van der Waals surface area contributed by atoms with Crippen LogP contribution in [0.2, 0.25) is 0 Å². The summed E-state index contributed by atoms with van der Waals surface area (Å²) in [6, 6.07) is 0.537. The first-order valence-corrected chi connectivity index (χ1v) is 7.61. The van der Waals surface area contributed by atoms with Crippen LogP contribution in [-0.2, 0) is 0 Å². The van der Waals surface area contributed by atoms with E-state index < -0.39 is 0 Å². The predicted molar refractivity (Wildman–Crippen MR) is 76.8 cm³/mol. The van der Waals surface area contributed by atoms with Gasteiger partial charge in [-0.1, -0.05) is 32.1 Å². The number of aldehydes is 1. The summed E-state index contributed by atoms with van der Waals surface area (Å²) in [5, 5.41) is 1.03. The molecule has 2 rings (SSSR count). The van der Waals surface area contributed by atoms with Gasteiger partial charge in [0.25, 0.3) is 0 Å². The standard InChI is InChI=1S/C14H22N2OS/c1-5-10(3)13-12(8-17)18-14(15-13)16-7-9(2)6-11(16)4/h8-11H,5-7H2,1-4H3. The van der Waals surface area contributed by atoms with Gasteiger partial charge in [-0.3, -0.25) is 4.79 Å². The van der Waals surface area contributed by atoms with Gasteiger partial charge in [0.05, 0.1) is 10.6 Å². The zero-order valence-corrected chi connectivity index (χ0v) is 12.5. The van der Waals surface area contributed by atoms with E-state index in [1.807, 2.05) is 0 Å². The van der Waals surface area contributed by atoms with Crippen LogP contribution in [0.25, 0.3) is 0 Å². The quantitative estimate of drug-likeness (QED) is 0.779. The van der Waals surface area contributed by atoms with Crippen LogP contribution >= 0.6 is 11.3 Å². The van der Waals surface area contributed by atoms with Crippen LogP contribution in [0.3, 0.4) is 0 Å². The normalized spacial score (nSPS) is 25.4. The summed E-state index contributed by atoms with van der Waals surface area (Å²) in [5.74, 6) is 1.08. The number of thiazole rings is 1. The molecule has 1 fully saturated rings. The highest BCUT2D eigenvalue weighted by Crippen LogP contribution is 2.35. The maximum Gasteiger partial charge on any atom is 0.186 e. The van der Waals surface area contributed by atoms with Gasteiger partial charge in [-0.25, -0.2) is 4.98 Å². The number of hydrogen-bond donors (Lipinski definition) is 0. The minimum absolute atomic E-state index is 0.366. The van der Waals surface area contributed by atoms with E-state index in [0.29, 0.717) is 12.0 Å². The topological polar surface area (TPSA) is 33.2 Å². The monoisotopic (exact) mass is 266 g/mol. The second-order valence-electron chi connectivity index (χ2n) is 5.52. The lowest BCUT2D eigenvalue weighted by Crippen LogP contribution is -2.26. The average Bonchev–Trinajstić information content (AvgIpc) is 2.91. The molecule has 0 aliphatic carbocycles. The van der Waals surface area contributed by atoms with E-state index in [-0.39, 0.29) is 0 Å². The first kappa shape index (κ1) is 13.5. The third kappa shape index (κ3) is 2.44. The molecule has 100 valence electrons. The van der Waals surface area contributed by atoms with Crippen LogP contribution in [0.15, 0.2) is 0 Å². The summed E-state index contributed by atoms with van der Waals surface area (Å²) in [4.78, 5) is 19.1. The van der Waals surface area contributed by atoms with E-state index >= 15 is 0 Å². The molecule has 1 aromatic rings. The van der Waals surface area contributed by atoms with Crippen LogP contribution in [-0.4, -0.2) is 23.9 Å². The molecular weight excluding hydrogens is 244 g/mol. The van der Waals surface area contributed by atoms with E-state index in [4.69, 9.17) is 4.98 Å². The van der Waals surface area contributed by atoms with Crippen LogP contribution < -0.4 is 4.90 Å². The van der Waals surface area contributed by atoms with Gasteiger partial charge >= 0.3 is 0 Å². The van der Waals surface area contributed by atoms with Gasteiger partial charge in [0.2, 0.25) is 0 Å². The smallest absolute Gasteiger partial charge is 0.186 e. The summed E-state index contributed by atoms with van der Waals surface area (Å²) >= 11 is 1.55. The van der Waals surface area contributed by atoms with Crippen LogP contribution in [0.5, 0.6) is 0 Å². The van der Waals surface area contributed by atoms with Crippen molar-refractivity contribution in [1.29, 1.82) is 0 Å². The molecule has 0 radical (unpaired) electrons. The predicted octanol–water partition coefficient (Wildman–Crippen LogP) is 3.70. The third-order valence-electron chi connectivity index (χ3n) is 3.89. The summed E-state index contributed by atoms with van der Waals surface area (Å²) in [6.45, 7) is 9.86. The molecule has 4 heteroatoms. The molecule has 1 aliphatic rings. The Morgan fingerprint density at radius 3 is 2.78 bits per heavy atom. The molecule has 3 atom stereocenters. The highest BCUT2D eigenvalue weighted by atomic mass is 32.1. The highest BCUT2D eigenvalue weighted by molar-refractivity contribution is 7.17. The van der Waals surface area contributed by atoms with Crippen molar-refractivity contribution in [2.75, 3.05) is 11.4 Å². The molecule has 0 amide bonds.